The second-order valence-electron chi connectivity index (χ2n) is 4.93. The second-order valence-corrected chi connectivity index (χ2v) is 4.93. The summed E-state index contributed by atoms with van der Waals surface area (Å²) in [5.41, 5.74) is 0. The van der Waals surface area contributed by atoms with Gasteiger partial charge in [0.2, 0.25) is 6.29 Å². The number of carbonyl (C=O) groups excluding carboxylic acids is 2. The van der Waals surface area contributed by atoms with E-state index in [1.165, 1.54) is 6.42 Å². The lowest BCUT2D eigenvalue weighted by atomic mass is 9.89. The Balaban J connectivity index is 2.32. The summed E-state index contributed by atoms with van der Waals surface area (Å²) in [4.78, 5) is 23.0. The van der Waals surface area contributed by atoms with Crippen molar-refractivity contribution in [2.45, 2.75) is 59.2 Å². The average Bonchev–Trinajstić information content (AvgIpc) is 2.29. The summed E-state index contributed by atoms with van der Waals surface area (Å²) in [6.45, 7) is 5.08. The molecule has 0 aromatic rings. The molecule has 1 saturated carbocycles. The highest BCUT2D eigenvalue weighted by Crippen LogP contribution is 2.25. The van der Waals surface area contributed by atoms with Gasteiger partial charge in [0.05, 0.1) is 11.8 Å². The van der Waals surface area contributed by atoms with E-state index in [1.54, 1.807) is 20.8 Å². The van der Waals surface area contributed by atoms with Crippen molar-refractivity contribution in [2.24, 2.45) is 11.8 Å². The van der Waals surface area contributed by atoms with Crippen molar-refractivity contribution in [1.29, 1.82) is 0 Å². The molecule has 0 aromatic heterocycles. The Bertz CT molecular complexity index is 267. The van der Waals surface area contributed by atoms with Gasteiger partial charge >= 0.3 is 11.9 Å². The molecule has 0 aromatic carbocycles. The van der Waals surface area contributed by atoms with Gasteiger partial charge < -0.3 is 9.47 Å². The molecule has 1 aliphatic rings. The fourth-order valence-electron chi connectivity index (χ4n) is 1.92. The van der Waals surface area contributed by atoms with Crippen LogP contribution in [0.4, 0.5) is 0 Å². The van der Waals surface area contributed by atoms with Crippen LogP contribution in [0, 0.1) is 11.8 Å². The van der Waals surface area contributed by atoms with Gasteiger partial charge in [-0.3, -0.25) is 9.59 Å². The molecule has 98 valence electrons. The SMILES string of the molecule is CC(OC(=O)C(C)C)OC(=O)C1CCCCC1. The molecule has 0 amide bonds. The van der Waals surface area contributed by atoms with Gasteiger partial charge in [-0.2, -0.15) is 0 Å². The maximum Gasteiger partial charge on any atom is 0.311 e. The average molecular weight is 242 g/mol. The maximum absolute atomic E-state index is 11.7. The molecule has 0 radical (unpaired) electrons. The lowest BCUT2D eigenvalue weighted by Gasteiger charge is -2.22. The molecule has 0 N–H and O–H groups in total. The van der Waals surface area contributed by atoms with E-state index in [4.69, 9.17) is 9.47 Å². The number of carbonyl (C=O) groups is 2. The number of ether oxygens (including phenoxy) is 2. The third-order valence-electron chi connectivity index (χ3n) is 2.97. The van der Waals surface area contributed by atoms with E-state index in [0.29, 0.717) is 0 Å². The van der Waals surface area contributed by atoms with Gasteiger partial charge in [-0.25, -0.2) is 0 Å². The quantitative estimate of drug-likeness (QED) is 0.561. The van der Waals surface area contributed by atoms with E-state index >= 15 is 0 Å². The van der Waals surface area contributed by atoms with Gasteiger partial charge in [0.1, 0.15) is 0 Å². The molecule has 1 aliphatic carbocycles. The van der Waals surface area contributed by atoms with E-state index < -0.39 is 6.29 Å². The molecular weight excluding hydrogens is 220 g/mol. The first-order chi connectivity index (χ1) is 8.00. The van der Waals surface area contributed by atoms with Crippen molar-refractivity contribution in [3.63, 3.8) is 0 Å². The highest BCUT2D eigenvalue weighted by atomic mass is 16.7. The van der Waals surface area contributed by atoms with Crippen molar-refractivity contribution in [3.8, 4) is 0 Å². The van der Waals surface area contributed by atoms with Crippen LogP contribution in [-0.2, 0) is 19.1 Å². The van der Waals surface area contributed by atoms with Gasteiger partial charge in [0.15, 0.2) is 0 Å². The van der Waals surface area contributed by atoms with Gasteiger partial charge in [0, 0.05) is 6.92 Å². The molecule has 0 saturated heterocycles. The van der Waals surface area contributed by atoms with Crippen LogP contribution in [0.3, 0.4) is 0 Å². The first kappa shape index (κ1) is 14.0. The maximum atomic E-state index is 11.7. The van der Waals surface area contributed by atoms with Gasteiger partial charge in [-0.05, 0) is 12.8 Å². The molecule has 0 bridgehead atoms. The largest absolute Gasteiger partial charge is 0.425 e. The number of esters is 2. The van der Waals surface area contributed by atoms with Crippen LogP contribution in [0.15, 0.2) is 0 Å². The zero-order valence-corrected chi connectivity index (χ0v) is 10.9. The van der Waals surface area contributed by atoms with Crippen molar-refractivity contribution < 1.29 is 19.1 Å². The molecule has 1 unspecified atom stereocenters. The van der Waals surface area contributed by atoms with Crippen molar-refractivity contribution in [3.05, 3.63) is 0 Å². The van der Waals surface area contributed by atoms with Crippen molar-refractivity contribution in [2.75, 3.05) is 0 Å². The number of hydrogen-bond donors (Lipinski definition) is 0. The van der Waals surface area contributed by atoms with E-state index in [2.05, 4.69) is 0 Å². The molecule has 17 heavy (non-hydrogen) atoms. The Morgan fingerprint density at radius 2 is 1.59 bits per heavy atom. The van der Waals surface area contributed by atoms with Crippen LogP contribution in [0.1, 0.15) is 52.9 Å². The van der Waals surface area contributed by atoms with E-state index in [-0.39, 0.29) is 23.8 Å². The first-order valence-electron chi connectivity index (χ1n) is 6.41. The fraction of sp³-hybridized carbons (Fsp3) is 0.846. The summed E-state index contributed by atoms with van der Waals surface area (Å²) in [7, 11) is 0. The first-order valence-corrected chi connectivity index (χ1v) is 6.41. The molecule has 0 aliphatic heterocycles. The zero-order valence-electron chi connectivity index (χ0n) is 10.9. The molecule has 1 atom stereocenters. The smallest absolute Gasteiger partial charge is 0.311 e. The zero-order chi connectivity index (χ0) is 12.8. The summed E-state index contributed by atoms with van der Waals surface area (Å²) in [6.07, 6.45) is 4.37. The van der Waals surface area contributed by atoms with Crippen LogP contribution < -0.4 is 0 Å². The summed E-state index contributed by atoms with van der Waals surface area (Å²) in [5.74, 6) is -0.780. The summed E-state index contributed by atoms with van der Waals surface area (Å²) in [5, 5.41) is 0. The van der Waals surface area contributed by atoms with E-state index in [0.717, 1.165) is 25.7 Å². The van der Waals surface area contributed by atoms with Crippen molar-refractivity contribution >= 4 is 11.9 Å². The lowest BCUT2D eigenvalue weighted by Crippen LogP contribution is -2.28. The minimum Gasteiger partial charge on any atom is -0.425 e. The monoisotopic (exact) mass is 242 g/mol. The normalized spacial score (nSPS) is 18.8. The predicted octanol–water partition coefficient (Wildman–Crippen LogP) is 2.66. The third kappa shape index (κ3) is 4.75. The Labute approximate surface area is 103 Å². The number of rotatable bonds is 4. The van der Waals surface area contributed by atoms with E-state index in [9.17, 15) is 9.59 Å². The second kappa shape index (κ2) is 6.62. The van der Waals surface area contributed by atoms with Crippen LogP contribution in [0.5, 0.6) is 0 Å². The Morgan fingerprint density at radius 3 is 2.12 bits per heavy atom. The summed E-state index contributed by atoms with van der Waals surface area (Å²) >= 11 is 0. The highest BCUT2D eigenvalue weighted by molar-refractivity contribution is 5.74. The molecule has 0 heterocycles. The third-order valence-corrected chi connectivity index (χ3v) is 2.97. The minimum absolute atomic E-state index is 0.0102. The topological polar surface area (TPSA) is 52.6 Å². The summed E-state index contributed by atoms with van der Waals surface area (Å²) < 4.78 is 10.1. The Morgan fingerprint density at radius 1 is 1.00 bits per heavy atom. The van der Waals surface area contributed by atoms with E-state index in [1.807, 2.05) is 0 Å². The van der Waals surface area contributed by atoms with Crippen LogP contribution >= 0.6 is 0 Å². The molecule has 1 rings (SSSR count). The highest BCUT2D eigenvalue weighted by Gasteiger charge is 2.25. The Hall–Kier alpha value is -1.06. The molecule has 1 fully saturated rings. The molecule has 0 spiro atoms. The van der Waals surface area contributed by atoms with Gasteiger partial charge in [-0.15, -0.1) is 0 Å². The molecule has 4 nitrogen and oxygen atoms in total. The van der Waals surface area contributed by atoms with Gasteiger partial charge in [-0.1, -0.05) is 33.1 Å². The minimum atomic E-state index is -0.778. The van der Waals surface area contributed by atoms with Gasteiger partial charge in [0.25, 0.3) is 0 Å². The standard InChI is InChI=1S/C13H22O4/c1-9(2)12(14)16-10(3)17-13(15)11-7-5-4-6-8-11/h9-11H,4-8H2,1-3H3. The lowest BCUT2D eigenvalue weighted by molar-refractivity contribution is -0.190. The van der Waals surface area contributed by atoms with Crippen LogP contribution in [0.25, 0.3) is 0 Å². The van der Waals surface area contributed by atoms with Crippen molar-refractivity contribution in [1.82, 2.24) is 0 Å². The summed E-state index contributed by atoms with van der Waals surface area (Å²) in [6, 6.07) is 0. The van der Waals surface area contributed by atoms with Crippen LogP contribution in [0.2, 0.25) is 0 Å². The molecule has 4 heteroatoms. The predicted molar refractivity (Wildman–Crippen MR) is 63.1 cm³/mol. The molecular formula is C13H22O4. The number of hydrogen-bond acceptors (Lipinski definition) is 4. The fourth-order valence-corrected chi connectivity index (χ4v) is 1.92. The van der Waals surface area contributed by atoms with Crippen LogP contribution in [-0.4, -0.2) is 18.2 Å². The Kier molecular flexibility index (Phi) is 5.45.